The molecule has 0 fully saturated rings. The van der Waals surface area contributed by atoms with Crippen molar-refractivity contribution >= 4 is 0 Å². The third kappa shape index (κ3) is 2.97. The van der Waals surface area contributed by atoms with Crippen LogP contribution in [-0.2, 0) is 12.0 Å². The molecule has 0 atom stereocenters. The van der Waals surface area contributed by atoms with Crippen LogP contribution in [0.2, 0.25) is 0 Å². The zero-order chi connectivity index (χ0) is 12.3. The van der Waals surface area contributed by atoms with Crippen molar-refractivity contribution in [1.82, 2.24) is 4.90 Å². The van der Waals surface area contributed by atoms with E-state index >= 15 is 0 Å². The summed E-state index contributed by atoms with van der Waals surface area (Å²) in [6.07, 6.45) is 0. The van der Waals surface area contributed by atoms with Crippen molar-refractivity contribution in [3.05, 3.63) is 29.3 Å². The van der Waals surface area contributed by atoms with Crippen LogP contribution in [0, 0.1) is 0 Å². The number of aromatic hydroxyl groups is 1. The van der Waals surface area contributed by atoms with E-state index in [9.17, 15) is 5.11 Å². The highest BCUT2D eigenvalue weighted by molar-refractivity contribution is 5.39. The number of rotatable bonds is 4. The topological polar surface area (TPSA) is 49.5 Å². The van der Waals surface area contributed by atoms with Crippen molar-refractivity contribution in [1.29, 1.82) is 0 Å². The fraction of sp³-hybridized carbons (Fsp3) is 0.538. The lowest BCUT2D eigenvalue weighted by Crippen LogP contribution is -2.28. The van der Waals surface area contributed by atoms with Gasteiger partial charge in [-0.05, 0) is 25.7 Å². The molecule has 16 heavy (non-hydrogen) atoms. The van der Waals surface area contributed by atoms with E-state index in [-0.39, 0.29) is 5.41 Å². The molecule has 0 aliphatic rings. The summed E-state index contributed by atoms with van der Waals surface area (Å²) in [6.45, 7) is 5.55. The van der Waals surface area contributed by atoms with Gasteiger partial charge >= 0.3 is 0 Å². The van der Waals surface area contributed by atoms with Crippen LogP contribution in [-0.4, -0.2) is 30.6 Å². The Morgan fingerprint density at radius 3 is 2.44 bits per heavy atom. The third-order valence-electron chi connectivity index (χ3n) is 2.86. The minimum absolute atomic E-state index is 0.0469. The summed E-state index contributed by atoms with van der Waals surface area (Å²) in [5.74, 6) is 0.352. The van der Waals surface area contributed by atoms with Gasteiger partial charge in [0.05, 0.1) is 0 Å². The van der Waals surface area contributed by atoms with Gasteiger partial charge in [0.15, 0.2) is 0 Å². The Labute approximate surface area is 97.9 Å². The first-order valence-electron chi connectivity index (χ1n) is 5.54. The standard InChI is InChI=1S/C13H22N2O/c1-13(2,9-14)11-5-6-12(16)10(7-11)8-15(3)4/h5-7,16H,8-9,14H2,1-4H3. The summed E-state index contributed by atoms with van der Waals surface area (Å²) in [7, 11) is 3.97. The molecule has 1 aromatic rings. The van der Waals surface area contributed by atoms with Gasteiger partial charge in [-0.2, -0.15) is 0 Å². The van der Waals surface area contributed by atoms with E-state index < -0.39 is 0 Å². The molecule has 0 aliphatic carbocycles. The molecule has 0 saturated carbocycles. The smallest absolute Gasteiger partial charge is 0.120 e. The second kappa shape index (κ2) is 4.85. The van der Waals surface area contributed by atoms with Gasteiger partial charge in [-0.3, -0.25) is 0 Å². The Bertz CT molecular complexity index is 359. The van der Waals surface area contributed by atoms with Gasteiger partial charge in [-0.1, -0.05) is 26.0 Å². The fourth-order valence-electron chi connectivity index (χ4n) is 1.59. The second-order valence-electron chi connectivity index (χ2n) is 5.17. The van der Waals surface area contributed by atoms with E-state index in [0.717, 1.165) is 12.1 Å². The molecule has 0 bridgehead atoms. The van der Waals surface area contributed by atoms with Crippen LogP contribution in [0.4, 0.5) is 0 Å². The summed E-state index contributed by atoms with van der Waals surface area (Å²) in [5, 5.41) is 9.76. The predicted octanol–water partition coefficient (Wildman–Crippen LogP) is 1.69. The highest BCUT2D eigenvalue weighted by Gasteiger charge is 2.19. The van der Waals surface area contributed by atoms with Crippen LogP contribution < -0.4 is 5.73 Å². The van der Waals surface area contributed by atoms with Gasteiger partial charge in [0.1, 0.15) is 5.75 Å². The summed E-state index contributed by atoms with van der Waals surface area (Å²) in [4.78, 5) is 2.04. The van der Waals surface area contributed by atoms with Gasteiger partial charge in [0, 0.05) is 24.1 Å². The summed E-state index contributed by atoms with van der Waals surface area (Å²) >= 11 is 0. The first-order valence-corrected chi connectivity index (χ1v) is 5.54. The quantitative estimate of drug-likeness (QED) is 0.815. The number of phenols is 1. The first kappa shape index (κ1) is 13.0. The number of hydrogen-bond donors (Lipinski definition) is 2. The Morgan fingerprint density at radius 1 is 1.31 bits per heavy atom. The predicted molar refractivity (Wildman–Crippen MR) is 67.6 cm³/mol. The Hall–Kier alpha value is -1.06. The molecular weight excluding hydrogens is 200 g/mol. The zero-order valence-electron chi connectivity index (χ0n) is 10.6. The second-order valence-corrected chi connectivity index (χ2v) is 5.17. The monoisotopic (exact) mass is 222 g/mol. The molecule has 1 aromatic carbocycles. The number of nitrogens with two attached hydrogens (primary N) is 1. The van der Waals surface area contributed by atoms with Crippen molar-refractivity contribution in [2.45, 2.75) is 25.8 Å². The highest BCUT2D eigenvalue weighted by atomic mass is 16.3. The highest BCUT2D eigenvalue weighted by Crippen LogP contribution is 2.27. The summed E-state index contributed by atoms with van der Waals surface area (Å²) < 4.78 is 0. The minimum atomic E-state index is -0.0469. The van der Waals surface area contributed by atoms with E-state index in [1.54, 1.807) is 6.07 Å². The SMILES string of the molecule is CN(C)Cc1cc(C(C)(C)CN)ccc1O. The average molecular weight is 222 g/mol. The summed E-state index contributed by atoms with van der Waals surface area (Å²) in [6, 6.07) is 5.75. The Morgan fingerprint density at radius 2 is 1.94 bits per heavy atom. The molecule has 3 N–H and O–H groups in total. The van der Waals surface area contributed by atoms with Crippen LogP contribution in [0.15, 0.2) is 18.2 Å². The number of benzene rings is 1. The van der Waals surface area contributed by atoms with Crippen molar-refractivity contribution in [3.8, 4) is 5.75 Å². The molecule has 3 nitrogen and oxygen atoms in total. The lowest BCUT2D eigenvalue weighted by molar-refractivity contribution is 0.384. The Kier molecular flexibility index (Phi) is 3.94. The number of nitrogens with zero attached hydrogens (tertiary/aromatic N) is 1. The third-order valence-corrected chi connectivity index (χ3v) is 2.86. The minimum Gasteiger partial charge on any atom is -0.508 e. The molecule has 0 radical (unpaired) electrons. The lowest BCUT2D eigenvalue weighted by atomic mass is 9.84. The largest absolute Gasteiger partial charge is 0.508 e. The van der Waals surface area contributed by atoms with Gasteiger partial charge in [0.2, 0.25) is 0 Å². The maximum absolute atomic E-state index is 9.76. The first-order chi connectivity index (χ1) is 7.36. The van der Waals surface area contributed by atoms with E-state index in [1.165, 1.54) is 5.56 Å². The molecule has 0 aliphatic heterocycles. The molecule has 0 spiro atoms. The van der Waals surface area contributed by atoms with Crippen LogP contribution in [0.3, 0.4) is 0 Å². The lowest BCUT2D eigenvalue weighted by Gasteiger charge is -2.24. The van der Waals surface area contributed by atoms with E-state index in [0.29, 0.717) is 12.3 Å². The van der Waals surface area contributed by atoms with E-state index in [1.807, 2.05) is 31.1 Å². The number of hydrogen-bond acceptors (Lipinski definition) is 3. The maximum Gasteiger partial charge on any atom is 0.120 e. The molecule has 1 rings (SSSR count). The summed E-state index contributed by atoms with van der Waals surface area (Å²) in [5.41, 5.74) is 7.83. The normalized spacial score (nSPS) is 12.1. The molecule has 0 unspecified atom stereocenters. The zero-order valence-corrected chi connectivity index (χ0v) is 10.6. The average Bonchev–Trinajstić information content (AvgIpc) is 2.20. The van der Waals surface area contributed by atoms with E-state index in [2.05, 4.69) is 13.8 Å². The van der Waals surface area contributed by atoms with Crippen LogP contribution in [0.25, 0.3) is 0 Å². The molecule has 90 valence electrons. The van der Waals surface area contributed by atoms with Crippen molar-refractivity contribution in [2.75, 3.05) is 20.6 Å². The molecule has 0 amide bonds. The van der Waals surface area contributed by atoms with E-state index in [4.69, 9.17) is 5.73 Å². The van der Waals surface area contributed by atoms with Crippen LogP contribution in [0.5, 0.6) is 5.75 Å². The molecule has 3 heteroatoms. The maximum atomic E-state index is 9.76. The van der Waals surface area contributed by atoms with Crippen LogP contribution >= 0.6 is 0 Å². The van der Waals surface area contributed by atoms with Crippen molar-refractivity contribution in [3.63, 3.8) is 0 Å². The van der Waals surface area contributed by atoms with Gasteiger partial charge in [0.25, 0.3) is 0 Å². The van der Waals surface area contributed by atoms with Gasteiger partial charge in [-0.25, -0.2) is 0 Å². The van der Waals surface area contributed by atoms with Crippen molar-refractivity contribution < 1.29 is 5.11 Å². The fourth-order valence-corrected chi connectivity index (χ4v) is 1.59. The molecular formula is C13H22N2O. The molecule has 0 aromatic heterocycles. The van der Waals surface area contributed by atoms with Crippen LogP contribution in [0.1, 0.15) is 25.0 Å². The van der Waals surface area contributed by atoms with Crippen molar-refractivity contribution in [2.24, 2.45) is 5.73 Å². The van der Waals surface area contributed by atoms with Gasteiger partial charge in [-0.15, -0.1) is 0 Å². The Balaban J connectivity index is 3.07. The number of phenolic OH excluding ortho intramolecular Hbond substituents is 1. The van der Waals surface area contributed by atoms with Gasteiger partial charge < -0.3 is 15.7 Å². The molecule has 0 heterocycles. The molecule has 0 saturated heterocycles.